The van der Waals surface area contributed by atoms with Crippen LogP contribution in [-0.4, -0.2) is 16.4 Å². The number of thiazole rings is 1. The molecule has 8 rings (SSSR count). The molecule has 1 amide bonds. The fourth-order valence-electron chi connectivity index (χ4n) is 6.34. The molecule has 37 heavy (non-hydrogen) atoms. The number of hydrogen-bond acceptors (Lipinski definition) is 4. The van der Waals surface area contributed by atoms with Gasteiger partial charge in [0.1, 0.15) is 5.54 Å². The van der Waals surface area contributed by atoms with E-state index in [2.05, 4.69) is 48.6 Å². The predicted octanol–water partition coefficient (Wildman–Crippen LogP) is 6.94. The van der Waals surface area contributed by atoms with E-state index in [1.807, 2.05) is 53.9 Å². The zero-order chi connectivity index (χ0) is 25.4. The van der Waals surface area contributed by atoms with Gasteiger partial charge in [0.2, 0.25) is 5.91 Å². The predicted molar refractivity (Wildman–Crippen MR) is 151 cm³/mol. The van der Waals surface area contributed by atoms with Crippen LogP contribution in [0.5, 0.6) is 0 Å². The lowest BCUT2D eigenvalue weighted by molar-refractivity contribution is -0.122. The van der Waals surface area contributed by atoms with Gasteiger partial charge in [-0.25, -0.2) is 4.98 Å². The van der Waals surface area contributed by atoms with E-state index in [-0.39, 0.29) is 11.8 Å². The second-order valence-electron chi connectivity index (χ2n) is 10.1. The average molecular weight is 522 g/mol. The van der Waals surface area contributed by atoms with Crippen LogP contribution in [0.4, 0.5) is 5.13 Å². The van der Waals surface area contributed by atoms with Crippen LogP contribution >= 0.6 is 22.9 Å². The molecule has 1 atom stereocenters. The van der Waals surface area contributed by atoms with Gasteiger partial charge in [-0.3, -0.25) is 4.79 Å². The van der Waals surface area contributed by atoms with Crippen molar-refractivity contribution >= 4 is 44.7 Å². The molecule has 3 aliphatic carbocycles. The molecule has 0 saturated carbocycles. The molecular formula is C31H24ClN3OS. The van der Waals surface area contributed by atoms with E-state index in [4.69, 9.17) is 22.3 Å². The highest BCUT2D eigenvalue weighted by molar-refractivity contribution is 7.14. The zero-order valence-corrected chi connectivity index (χ0v) is 21.7. The number of nitrogens with zero attached hydrogens (tertiary/aromatic N) is 1. The Morgan fingerprint density at radius 3 is 2.27 bits per heavy atom. The van der Waals surface area contributed by atoms with Crippen molar-refractivity contribution in [2.75, 3.05) is 5.32 Å². The maximum Gasteiger partial charge on any atom is 0.247 e. The molecule has 0 aliphatic heterocycles. The molecule has 0 spiro atoms. The van der Waals surface area contributed by atoms with Gasteiger partial charge in [-0.2, -0.15) is 0 Å². The van der Waals surface area contributed by atoms with Crippen molar-refractivity contribution in [2.45, 2.75) is 29.7 Å². The summed E-state index contributed by atoms with van der Waals surface area (Å²) < 4.78 is 0. The molecule has 1 heterocycles. The number of carbonyl (C=O) groups is 1. The van der Waals surface area contributed by atoms with Crippen LogP contribution < -0.4 is 11.1 Å². The van der Waals surface area contributed by atoms with Crippen LogP contribution in [0.2, 0.25) is 0 Å². The van der Waals surface area contributed by atoms with Crippen molar-refractivity contribution in [1.82, 2.24) is 4.98 Å². The topological polar surface area (TPSA) is 68.0 Å². The number of carbonyl (C=O) groups excluding carboxylic acids is 1. The lowest BCUT2D eigenvalue weighted by Gasteiger charge is -2.54. The summed E-state index contributed by atoms with van der Waals surface area (Å²) in [4.78, 5) is 17.8. The maximum absolute atomic E-state index is 13.9. The van der Waals surface area contributed by atoms with Gasteiger partial charge < -0.3 is 11.1 Å². The Morgan fingerprint density at radius 2 is 1.57 bits per heavy atom. The summed E-state index contributed by atoms with van der Waals surface area (Å²) in [5, 5.41) is 7.90. The van der Waals surface area contributed by atoms with Crippen molar-refractivity contribution < 1.29 is 4.79 Å². The smallest absolute Gasteiger partial charge is 0.247 e. The van der Waals surface area contributed by atoms with Crippen LogP contribution in [0.3, 0.4) is 0 Å². The van der Waals surface area contributed by atoms with E-state index < -0.39 is 10.4 Å². The third-order valence-electron chi connectivity index (χ3n) is 8.01. The first kappa shape index (κ1) is 22.7. The number of nitrogens with two attached hydrogens (primary N) is 1. The Labute approximate surface area is 224 Å². The largest absolute Gasteiger partial charge is 0.316 e. The highest BCUT2D eigenvalue weighted by Gasteiger charge is 2.60. The van der Waals surface area contributed by atoms with E-state index in [9.17, 15) is 4.79 Å². The van der Waals surface area contributed by atoms with Gasteiger partial charge in [0, 0.05) is 23.3 Å². The lowest BCUT2D eigenvalue weighted by atomic mass is 9.55. The molecule has 3 aliphatic rings. The van der Waals surface area contributed by atoms with E-state index >= 15 is 0 Å². The summed E-state index contributed by atoms with van der Waals surface area (Å²) in [6.45, 7) is 2.11. The van der Waals surface area contributed by atoms with Crippen LogP contribution in [0.15, 0.2) is 90.3 Å². The SMILES string of the molecule is Cc1ccc(-c2csc(NC(=O)C3(N)CC4(Cl)c5ccccc5C3c3ccccc34)n2)c2ccccc12. The first-order chi connectivity index (χ1) is 17.9. The van der Waals surface area contributed by atoms with Crippen molar-refractivity contribution in [3.63, 3.8) is 0 Å². The normalized spacial score (nSPS) is 23.5. The monoisotopic (exact) mass is 521 g/mol. The Morgan fingerprint density at radius 1 is 0.946 bits per heavy atom. The molecule has 4 nitrogen and oxygen atoms in total. The lowest BCUT2D eigenvalue weighted by Crippen LogP contribution is -2.64. The third kappa shape index (κ3) is 3.18. The molecule has 0 saturated heterocycles. The number of anilines is 1. The molecule has 1 unspecified atom stereocenters. The van der Waals surface area contributed by atoms with Gasteiger partial charge in [-0.15, -0.1) is 22.9 Å². The number of alkyl halides is 1. The number of fused-ring (bicyclic) bond motifs is 2. The van der Waals surface area contributed by atoms with E-state index in [1.165, 1.54) is 22.3 Å². The number of hydrogen-bond donors (Lipinski definition) is 2. The molecule has 2 bridgehead atoms. The first-order valence-corrected chi connectivity index (χ1v) is 13.6. The number of aryl methyl sites for hydroxylation is 1. The summed E-state index contributed by atoms with van der Waals surface area (Å²) >= 11 is 8.78. The molecule has 6 heteroatoms. The molecule has 1 aromatic heterocycles. The molecule has 5 aromatic rings. The second-order valence-corrected chi connectivity index (χ2v) is 11.6. The molecule has 182 valence electrons. The molecule has 0 radical (unpaired) electrons. The molecule has 0 fully saturated rings. The molecular weight excluding hydrogens is 498 g/mol. The van der Waals surface area contributed by atoms with Gasteiger partial charge in [-0.1, -0.05) is 84.9 Å². The quantitative estimate of drug-likeness (QED) is 0.253. The Hall–Kier alpha value is -3.51. The van der Waals surface area contributed by atoms with Crippen molar-refractivity contribution in [3.05, 3.63) is 118 Å². The van der Waals surface area contributed by atoms with Crippen molar-refractivity contribution in [1.29, 1.82) is 0 Å². The zero-order valence-electron chi connectivity index (χ0n) is 20.2. The number of rotatable bonds is 3. The highest BCUT2D eigenvalue weighted by atomic mass is 35.5. The van der Waals surface area contributed by atoms with E-state index in [0.717, 1.165) is 38.9 Å². The number of amides is 1. The van der Waals surface area contributed by atoms with Gasteiger partial charge in [0.25, 0.3) is 0 Å². The second kappa shape index (κ2) is 7.99. The van der Waals surface area contributed by atoms with Gasteiger partial charge in [0.05, 0.1) is 10.6 Å². The summed E-state index contributed by atoms with van der Waals surface area (Å²) in [6.07, 6.45) is 0.312. The van der Waals surface area contributed by atoms with E-state index in [0.29, 0.717) is 11.6 Å². The number of nitrogens with one attached hydrogen (secondary N) is 1. The van der Waals surface area contributed by atoms with Crippen molar-refractivity contribution in [2.24, 2.45) is 5.73 Å². The van der Waals surface area contributed by atoms with Crippen LogP contribution in [0.1, 0.15) is 40.2 Å². The van der Waals surface area contributed by atoms with Crippen molar-refractivity contribution in [3.8, 4) is 11.3 Å². The number of aromatic nitrogens is 1. The van der Waals surface area contributed by atoms with Gasteiger partial charge >= 0.3 is 0 Å². The molecule has 3 N–H and O–H groups in total. The fraction of sp³-hybridized carbons (Fsp3) is 0.161. The Kier molecular flexibility index (Phi) is 4.90. The van der Waals surface area contributed by atoms with Crippen LogP contribution in [0, 0.1) is 6.92 Å². The Balaban J connectivity index is 1.26. The van der Waals surface area contributed by atoms with Gasteiger partial charge in [-0.05, 0) is 45.5 Å². The number of benzene rings is 4. The summed E-state index contributed by atoms with van der Waals surface area (Å²) in [6, 6.07) is 28.7. The average Bonchev–Trinajstić information content (AvgIpc) is 3.37. The van der Waals surface area contributed by atoms with Gasteiger partial charge in [0.15, 0.2) is 5.13 Å². The minimum atomic E-state index is -1.22. The summed E-state index contributed by atoms with van der Waals surface area (Å²) in [5.74, 6) is -0.554. The fourth-order valence-corrected chi connectivity index (χ4v) is 7.61. The van der Waals surface area contributed by atoms with Crippen LogP contribution in [-0.2, 0) is 9.67 Å². The summed E-state index contributed by atoms with van der Waals surface area (Å²) in [7, 11) is 0. The molecule has 4 aromatic carbocycles. The van der Waals surface area contributed by atoms with Crippen LogP contribution in [0.25, 0.3) is 22.0 Å². The Bertz CT molecular complexity index is 1680. The number of halogens is 1. The first-order valence-electron chi connectivity index (χ1n) is 12.3. The maximum atomic E-state index is 13.9. The minimum Gasteiger partial charge on any atom is -0.316 e. The highest BCUT2D eigenvalue weighted by Crippen LogP contribution is 2.61. The van der Waals surface area contributed by atoms with E-state index in [1.54, 1.807) is 0 Å². The summed E-state index contributed by atoms with van der Waals surface area (Å²) in [5.41, 5.74) is 13.0. The third-order valence-corrected chi connectivity index (χ3v) is 9.31. The standard InChI is InChI=1S/C31H24ClN3OS/c1-18-14-15-21(20-9-3-2-8-19(18)20)26-16-37-29(34-26)35-28(36)31(33)17-30(32)24-12-6-4-10-22(24)27(31)23-11-5-7-13-25(23)30/h2-16,27H,17,33H2,1H3,(H,34,35,36). The minimum absolute atomic E-state index is 0.263.